The van der Waals surface area contributed by atoms with Crippen LogP contribution in [0.4, 0.5) is 5.69 Å². The Labute approximate surface area is 201 Å². The number of benzene rings is 2. The number of piperidine rings is 1. The first-order valence-electron chi connectivity index (χ1n) is 11.8. The van der Waals surface area contributed by atoms with Crippen LogP contribution in [-0.2, 0) is 21.3 Å². The molecule has 9 heteroatoms. The molecule has 1 amide bonds. The topological polar surface area (TPSA) is 88.2 Å². The Hall–Kier alpha value is -2.46. The van der Waals surface area contributed by atoms with Crippen molar-refractivity contribution in [2.24, 2.45) is 5.92 Å². The molecule has 2 fully saturated rings. The van der Waals surface area contributed by atoms with E-state index >= 15 is 0 Å². The lowest BCUT2D eigenvalue weighted by molar-refractivity contribution is 0.0729. The van der Waals surface area contributed by atoms with E-state index < -0.39 is 10.0 Å². The molecule has 0 bridgehead atoms. The lowest BCUT2D eigenvalue weighted by atomic mass is 9.99. The van der Waals surface area contributed by atoms with Gasteiger partial charge in [-0.2, -0.15) is 4.31 Å². The molecule has 1 unspecified atom stereocenters. The van der Waals surface area contributed by atoms with E-state index in [9.17, 15) is 13.2 Å². The molecule has 0 saturated carbocycles. The van der Waals surface area contributed by atoms with Gasteiger partial charge in [0.15, 0.2) is 0 Å². The molecule has 0 radical (unpaired) electrons. The minimum atomic E-state index is -3.78. The molecule has 34 heavy (non-hydrogen) atoms. The van der Waals surface area contributed by atoms with E-state index in [0.29, 0.717) is 24.5 Å². The van der Waals surface area contributed by atoms with Gasteiger partial charge in [0.25, 0.3) is 5.91 Å². The monoisotopic (exact) mass is 487 g/mol. The number of nitrogens with zero attached hydrogens (tertiary/aromatic N) is 2. The lowest BCUT2D eigenvalue weighted by Crippen LogP contribution is -2.40. The van der Waals surface area contributed by atoms with E-state index in [0.717, 1.165) is 25.6 Å². The zero-order chi connectivity index (χ0) is 24.1. The highest BCUT2D eigenvalue weighted by Crippen LogP contribution is 2.30. The lowest BCUT2D eigenvalue weighted by Gasteiger charge is -2.30. The summed E-state index contributed by atoms with van der Waals surface area (Å²) in [5.74, 6) is 0.666. The molecule has 2 aromatic rings. The second-order valence-electron chi connectivity index (χ2n) is 9.02. The standard InChI is InChI=1S/C25H33N3O5S/c1-19-4-3-11-27(17-19)18-20-5-7-21(8-6-20)25(29)26-22-9-10-23(32-2)24(16-22)34(30,31)28-12-14-33-15-13-28/h5-10,16,19H,3-4,11-15,17-18H2,1-2H3,(H,26,29). The molecular formula is C25H33N3O5S. The number of amides is 1. The summed E-state index contributed by atoms with van der Waals surface area (Å²) in [6, 6.07) is 12.2. The zero-order valence-electron chi connectivity index (χ0n) is 19.8. The van der Waals surface area contributed by atoms with Crippen LogP contribution >= 0.6 is 0 Å². The third-order valence-corrected chi connectivity index (χ3v) is 8.29. The second-order valence-corrected chi connectivity index (χ2v) is 10.9. The van der Waals surface area contributed by atoms with Crippen LogP contribution in [0.15, 0.2) is 47.4 Å². The molecular weight excluding hydrogens is 454 g/mol. The van der Waals surface area contributed by atoms with Crippen molar-refractivity contribution in [1.82, 2.24) is 9.21 Å². The van der Waals surface area contributed by atoms with E-state index in [4.69, 9.17) is 9.47 Å². The van der Waals surface area contributed by atoms with E-state index in [1.54, 1.807) is 12.1 Å². The fourth-order valence-corrected chi connectivity index (χ4v) is 6.12. The minimum absolute atomic E-state index is 0.0285. The predicted octanol–water partition coefficient (Wildman–Crippen LogP) is 3.20. The van der Waals surface area contributed by atoms with Gasteiger partial charge in [0, 0.05) is 37.4 Å². The molecule has 2 aliphatic heterocycles. The summed E-state index contributed by atoms with van der Waals surface area (Å²) in [5, 5.41) is 2.82. The summed E-state index contributed by atoms with van der Waals surface area (Å²) >= 11 is 0. The summed E-state index contributed by atoms with van der Waals surface area (Å²) in [6.07, 6.45) is 2.52. The number of hydrogen-bond acceptors (Lipinski definition) is 6. The normalized spacial score (nSPS) is 20.1. The summed E-state index contributed by atoms with van der Waals surface area (Å²) in [6.45, 7) is 6.66. The van der Waals surface area contributed by atoms with Gasteiger partial charge in [-0.3, -0.25) is 9.69 Å². The van der Waals surface area contributed by atoms with Crippen molar-refractivity contribution in [2.45, 2.75) is 31.2 Å². The highest BCUT2D eigenvalue weighted by molar-refractivity contribution is 7.89. The number of rotatable bonds is 7. The molecule has 0 spiro atoms. The third-order valence-electron chi connectivity index (χ3n) is 6.37. The third kappa shape index (κ3) is 5.78. The second kappa shape index (κ2) is 10.9. The maximum absolute atomic E-state index is 13.2. The predicted molar refractivity (Wildman–Crippen MR) is 131 cm³/mol. The van der Waals surface area contributed by atoms with Crippen molar-refractivity contribution in [3.63, 3.8) is 0 Å². The summed E-state index contributed by atoms with van der Waals surface area (Å²) in [4.78, 5) is 15.3. The fourth-order valence-electron chi connectivity index (χ4n) is 4.54. The first-order valence-corrected chi connectivity index (χ1v) is 13.2. The Morgan fingerprint density at radius 2 is 1.85 bits per heavy atom. The molecule has 1 atom stereocenters. The van der Waals surface area contributed by atoms with Crippen LogP contribution < -0.4 is 10.1 Å². The van der Waals surface area contributed by atoms with Gasteiger partial charge in [-0.05, 0) is 61.2 Å². The first kappa shape index (κ1) is 24.7. The number of anilines is 1. The van der Waals surface area contributed by atoms with Gasteiger partial charge in [0.05, 0.1) is 20.3 Å². The number of carbonyl (C=O) groups is 1. The van der Waals surface area contributed by atoms with Crippen LogP contribution in [0.2, 0.25) is 0 Å². The molecule has 184 valence electrons. The van der Waals surface area contributed by atoms with Gasteiger partial charge in [-0.15, -0.1) is 0 Å². The van der Waals surface area contributed by atoms with Crippen molar-refractivity contribution in [3.05, 3.63) is 53.6 Å². The Balaban J connectivity index is 1.46. The number of morpholine rings is 1. The van der Waals surface area contributed by atoms with Gasteiger partial charge in [-0.25, -0.2) is 8.42 Å². The average Bonchev–Trinajstić information content (AvgIpc) is 2.85. The van der Waals surface area contributed by atoms with E-state index in [1.807, 2.05) is 24.3 Å². The molecule has 2 heterocycles. The summed E-state index contributed by atoms with van der Waals surface area (Å²) < 4.78 is 38.3. The smallest absolute Gasteiger partial charge is 0.255 e. The molecule has 0 aromatic heterocycles. The number of likely N-dealkylation sites (tertiary alicyclic amines) is 1. The fraction of sp³-hybridized carbons (Fsp3) is 0.480. The van der Waals surface area contributed by atoms with Gasteiger partial charge < -0.3 is 14.8 Å². The number of hydrogen-bond donors (Lipinski definition) is 1. The number of carbonyl (C=O) groups excluding carboxylic acids is 1. The number of ether oxygens (including phenoxy) is 2. The minimum Gasteiger partial charge on any atom is -0.495 e. The van der Waals surface area contributed by atoms with Crippen molar-refractivity contribution in [1.29, 1.82) is 0 Å². The molecule has 2 aliphatic rings. The van der Waals surface area contributed by atoms with Crippen LogP contribution in [0.5, 0.6) is 5.75 Å². The van der Waals surface area contributed by atoms with Crippen molar-refractivity contribution < 1.29 is 22.7 Å². The Morgan fingerprint density at radius 3 is 2.53 bits per heavy atom. The maximum atomic E-state index is 13.2. The van der Waals surface area contributed by atoms with Crippen LogP contribution in [0.1, 0.15) is 35.7 Å². The summed E-state index contributed by atoms with van der Waals surface area (Å²) in [5.41, 5.74) is 2.09. The Kier molecular flexibility index (Phi) is 7.88. The quantitative estimate of drug-likeness (QED) is 0.645. The largest absolute Gasteiger partial charge is 0.495 e. The molecule has 2 saturated heterocycles. The van der Waals surface area contributed by atoms with E-state index in [2.05, 4.69) is 17.1 Å². The number of methoxy groups -OCH3 is 1. The van der Waals surface area contributed by atoms with Crippen LogP contribution in [0.3, 0.4) is 0 Å². The van der Waals surface area contributed by atoms with E-state index in [-0.39, 0.29) is 29.6 Å². The average molecular weight is 488 g/mol. The number of nitrogens with one attached hydrogen (secondary N) is 1. The molecule has 1 N–H and O–H groups in total. The summed E-state index contributed by atoms with van der Waals surface area (Å²) in [7, 11) is -2.35. The van der Waals surface area contributed by atoms with Crippen molar-refractivity contribution in [2.75, 3.05) is 51.8 Å². The van der Waals surface area contributed by atoms with Gasteiger partial charge in [0.2, 0.25) is 10.0 Å². The zero-order valence-corrected chi connectivity index (χ0v) is 20.6. The van der Waals surface area contributed by atoms with Crippen LogP contribution in [0, 0.1) is 5.92 Å². The van der Waals surface area contributed by atoms with Crippen LogP contribution in [0.25, 0.3) is 0 Å². The SMILES string of the molecule is COc1ccc(NC(=O)c2ccc(CN3CCCC(C)C3)cc2)cc1S(=O)(=O)N1CCOCC1. The first-order chi connectivity index (χ1) is 16.4. The van der Waals surface area contributed by atoms with Gasteiger partial charge >= 0.3 is 0 Å². The van der Waals surface area contributed by atoms with Crippen LogP contribution in [-0.4, -0.2) is 70.0 Å². The highest BCUT2D eigenvalue weighted by Gasteiger charge is 2.29. The highest BCUT2D eigenvalue weighted by atomic mass is 32.2. The molecule has 8 nitrogen and oxygen atoms in total. The van der Waals surface area contributed by atoms with Gasteiger partial charge in [0.1, 0.15) is 10.6 Å². The van der Waals surface area contributed by atoms with Crippen molar-refractivity contribution in [3.8, 4) is 5.75 Å². The van der Waals surface area contributed by atoms with E-state index in [1.165, 1.54) is 35.9 Å². The Bertz CT molecular complexity index is 1100. The van der Waals surface area contributed by atoms with Gasteiger partial charge in [-0.1, -0.05) is 19.1 Å². The molecule has 4 rings (SSSR count). The Morgan fingerprint density at radius 1 is 1.12 bits per heavy atom. The maximum Gasteiger partial charge on any atom is 0.255 e. The molecule has 0 aliphatic carbocycles. The van der Waals surface area contributed by atoms with Crippen molar-refractivity contribution >= 4 is 21.6 Å². The molecule has 2 aromatic carbocycles. The number of sulfonamides is 1.